The van der Waals surface area contributed by atoms with Gasteiger partial charge in [-0.2, -0.15) is 19.2 Å². The fourth-order valence-corrected chi connectivity index (χ4v) is 11.2. The molecule has 4 aromatic rings. The van der Waals surface area contributed by atoms with E-state index in [-0.39, 0.29) is 55.7 Å². The van der Waals surface area contributed by atoms with Gasteiger partial charge in [0, 0.05) is 48.4 Å². The number of nitrogens with zero attached hydrogens (tertiary/aromatic N) is 2. The van der Waals surface area contributed by atoms with E-state index in [1.807, 2.05) is 52.6 Å². The zero-order chi connectivity index (χ0) is 53.5. The molecule has 2 aromatic heterocycles. The standard InChI is InChI=1S/C22H29FN3O6P.C21H27FN3O7P.2CO2/c1-14(2)15(3)25-33(29,32-16-8-6-5-7-9-16)30-12-17-21(4)13-22(21,23)19(31-17)26-11-10-18(27)24-20(26)28;1-13(2)14(3)24-33(29,32-15-7-5-4-6-8-15)30-11-16-21(28)12-20(21,22)18(31-16)25-10-9-17(26)23-19(25)27;2*2-1-3/h5-11,14-15,17,19H,12-13H2,1-4H3,(H,25,29)(H,24,27,28);4-10,13-14,16,18,28H,11-12H2,1-3H3,(H,24,29)(H,23,26,27);;/t15-,17+,19?,21+,22-,33-;14-,16+,18?,20-,21-,33-;;/m00../s1. The fraction of sp³-hybridized carbons (Fsp3) is 0.511. The van der Waals surface area contributed by atoms with Crippen LogP contribution in [0.1, 0.15) is 73.8 Å². The molecule has 2 saturated carbocycles. The van der Waals surface area contributed by atoms with E-state index in [1.165, 1.54) is 6.20 Å². The van der Waals surface area contributed by atoms with Gasteiger partial charge in [0.15, 0.2) is 23.8 Å². The molecule has 2 aliphatic heterocycles. The third-order valence-electron chi connectivity index (χ3n) is 12.8. The molecule has 0 amide bonds. The number of alkyl halides is 2. The van der Waals surface area contributed by atoms with Crippen molar-refractivity contribution in [3.8, 4) is 11.5 Å². The largest absolute Gasteiger partial charge is 0.459 e. The molecule has 5 N–H and O–H groups in total. The van der Waals surface area contributed by atoms with Crippen LogP contribution < -0.4 is 41.7 Å². The summed E-state index contributed by atoms with van der Waals surface area (Å²) >= 11 is 0. The maximum atomic E-state index is 15.7. The lowest BCUT2D eigenvalue weighted by molar-refractivity contribution is -0.193. The summed E-state index contributed by atoms with van der Waals surface area (Å²) in [6, 6.07) is 18.8. The minimum absolute atomic E-state index is 0.103. The van der Waals surface area contributed by atoms with Gasteiger partial charge in [-0.3, -0.25) is 37.7 Å². The Morgan fingerprint density at radius 3 is 1.43 bits per heavy atom. The highest BCUT2D eigenvalue weighted by Gasteiger charge is 2.83. The summed E-state index contributed by atoms with van der Waals surface area (Å²) in [5.41, 5.74) is -9.79. The fourth-order valence-electron chi connectivity index (χ4n) is 7.81. The number of aromatic amines is 2. The zero-order valence-electron chi connectivity index (χ0n) is 40.1. The summed E-state index contributed by atoms with van der Waals surface area (Å²) in [6.45, 7) is 12.5. The summed E-state index contributed by atoms with van der Waals surface area (Å²) in [5, 5.41) is 16.6. The van der Waals surface area contributed by atoms with Gasteiger partial charge in [0.2, 0.25) is 0 Å². The molecule has 23 nitrogen and oxygen atoms in total. The Morgan fingerprint density at radius 1 is 0.667 bits per heavy atom. The van der Waals surface area contributed by atoms with E-state index in [2.05, 4.69) is 15.2 Å². The number of para-hydroxylation sites is 2. The summed E-state index contributed by atoms with van der Waals surface area (Å²) in [6.07, 6.45) is -2.05. The van der Waals surface area contributed by atoms with Gasteiger partial charge in [-0.15, -0.1) is 0 Å². The number of fused-ring (bicyclic) bond motifs is 2. The first kappa shape index (κ1) is 57.1. The van der Waals surface area contributed by atoms with Crippen molar-refractivity contribution in [3.63, 3.8) is 0 Å². The van der Waals surface area contributed by atoms with Crippen LogP contribution in [0.25, 0.3) is 0 Å². The van der Waals surface area contributed by atoms with Crippen molar-refractivity contribution in [3.05, 3.63) is 127 Å². The Morgan fingerprint density at radius 2 is 1.04 bits per heavy atom. The van der Waals surface area contributed by atoms with Gasteiger partial charge < -0.3 is 23.6 Å². The van der Waals surface area contributed by atoms with Crippen molar-refractivity contribution < 1.29 is 69.8 Å². The van der Waals surface area contributed by atoms with Crippen LogP contribution in [0.4, 0.5) is 8.78 Å². The van der Waals surface area contributed by atoms with Crippen LogP contribution in [-0.2, 0) is 46.8 Å². The highest BCUT2D eigenvalue weighted by Crippen LogP contribution is 2.72. The smallest absolute Gasteiger partial charge is 0.413 e. The van der Waals surface area contributed by atoms with E-state index in [4.69, 9.17) is 46.7 Å². The maximum Gasteiger partial charge on any atom is 0.459 e. The lowest BCUT2D eigenvalue weighted by Gasteiger charge is -2.27. The molecule has 4 aliphatic rings. The van der Waals surface area contributed by atoms with Crippen molar-refractivity contribution in [2.24, 2.45) is 17.3 Å². The molecule has 72 heavy (non-hydrogen) atoms. The molecule has 2 unspecified atom stereocenters. The summed E-state index contributed by atoms with van der Waals surface area (Å²) < 4.78 is 94.4. The molecule has 12 atom stereocenters. The van der Waals surface area contributed by atoms with Crippen molar-refractivity contribution in [2.75, 3.05) is 13.2 Å². The maximum absolute atomic E-state index is 15.7. The van der Waals surface area contributed by atoms with Crippen LogP contribution >= 0.6 is 15.5 Å². The summed E-state index contributed by atoms with van der Waals surface area (Å²) in [5.74, 6) is 0.928. The van der Waals surface area contributed by atoms with Gasteiger partial charge in [0.25, 0.3) is 11.1 Å². The number of nitrogens with one attached hydrogen (secondary N) is 4. The average molecular weight is 1050 g/mol. The Hall–Kier alpha value is -5.80. The second-order valence-electron chi connectivity index (χ2n) is 18.3. The Balaban J connectivity index is 0.000000241. The lowest BCUT2D eigenvalue weighted by Crippen LogP contribution is -2.36. The van der Waals surface area contributed by atoms with Gasteiger partial charge in [0.1, 0.15) is 23.2 Å². The van der Waals surface area contributed by atoms with E-state index < -0.39 is 91.6 Å². The molecule has 8 rings (SSSR count). The Bertz CT molecular complexity index is 2720. The summed E-state index contributed by atoms with van der Waals surface area (Å²) in [7, 11) is -7.79. The Labute approximate surface area is 409 Å². The highest BCUT2D eigenvalue weighted by atomic mass is 31.2. The third kappa shape index (κ3) is 12.7. The number of ether oxygens (including phenoxy) is 2. The Kier molecular flexibility index (Phi) is 18.2. The molecule has 27 heteroatoms. The monoisotopic (exact) mass is 1050 g/mol. The number of rotatable bonds is 18. The number of halogens is 2. The number of aromatic nitrogens is 4. The van der Waals surface area contributed by atoms with Crippen LogP contribution in [0, 0.1) is 17.3 Å². The number of hydrogen-bond acceptors (Lipinski definition) is 17. The van der Waals surface area contributed by atoms with Crippen molar-refractivity contribution >= 4 is 27.8 Å². The molecular weight excluding hydrogens is 996 g/mol. The zero-order valence-corrected chi connectivity index (χ0v) is 41.8. The van der Waals surface area contributed by atoms with Gasteiger partial charge in [-0.1, -0.05) is 71.0 Å². The summed E-state index contributed by atoms with van der Waals surface area (Å²) in [4.78, 5) is 83.7. The third-order valence-corrected chi connectivity index (χ3v) is 16.2. The van der Waals surface area contributed by atoms with Crippen LogP contribution in [0.15, 0.2) is 104 Å². The number of hydrogen-bond donors (Lipinski definition) is 5. The molecule has 2 aromatic carbocycles. The molecule has 0 radical (unpaired) electrons. The highest BCUT2D eigenvalue weighted by molar-refractivity contribution is 7.52. The topological polar surface area (TPSA) is 312 Å². The first-order chi connectivity index (χ1) is 33.8. The number of carbonyl (C=O) groups excluding carboxylic acids is 4. The molecule has 2 aliphatic carbocycles. The molecule has 4 heterocycles. The van der Waals surface area contributed by atoms with E-state index in [0.717, 1.165) is 27.5 Å². The van der Waals surface area contributed by atoms with Crippen molar-refractivity contribution in [2.45, 2.75) is 115 Å². The van der Waals surface area contributed by atoms with E-state index in [0.29, 0.717) is 11.5 Å². The number of aliphatic hydroxyl groups is 1. The van der Waals surface area contributed by atoms with Crippen molar-refractivity contribution in [1.29, 1.82) is 0 Å². The number of benzene rings is 2. The minimum atomic E-state index is -3.95. The van der Waals surface area contributed by atoms with Crippen LogP contribution in [0.3, 0.4) is 0 Å². The minimum Gasteiger partial charge on any atom is -0.413 e. The first-order valence-corrected chi connectivity index (χ1v) is 25.4. The van der Waals surface area contributed by atoms with E-state index in [1.54, 1.807) is 61.5 Å². The molecular formula is C45H56F2N6O17P2. The van der Waals surface area contributed by atoms with Crippen molar-refractivity contribution in [1.82, 2.24) is 29.3 Å². The first-order valence-electron chi connectivity index (χ1n) is 22.3. The van der Waals surface area contributed by atoms with Gasteiger partial charge in [-0.25, -0.2) is 37.7 Å². The van der Waals surface area contributed by atoms with Crippen LogP contribution in [0.2, 0.25) is 0 Å². The molecule has 0 bridgehead atoms. The molecule has 2 saturated heterocycles. The normalized spacial score (nSPS) is 28.7. The van der Waals surface area contributed by atoms with Crippen LogP contribution in [-0.4, -0.2) is 91.0 Å². The number of H-pyrrole nitrogens is 2. The lowest BCUT2D eigenvalue weighted by atomic mass is 10.0. The SMILES string of the molecule is CC(C)[C@H](C)N[P@](=O)(OC[C@H]1OC(n2ccc(=O)[nH]c2=O)[C@@]2(F)C[C@]12C)Oc1ccccc1.CC(C)[C@H](C)N[P@](=O)(OC[C@H]1OC(n2ccc(=O)[nH]c2=O)[C@@]2(F)C[C@]12O)Oc1ccccc1.O=C=O.O=C=O. The predicted molar refractivity (Wildman–Crippen MR) is 247 cm³/mol. The second-order valence-corrected chi connectivity index (χ2v) is 21.7. The van der Waals surface area contributed by atoms with E-state index in [9.17, 15) is 33.4 Å². The molecule has 4 fully saturated rings. The van der Waals surface area contributed by atoms with Gasteiger partial charge in [-0.05, 0) is 56.4 Å². The molecule has 0 spiro atoms. The average Bonchev–Trinajstić information content (AvgIpc) is 4.03. The van der Waals surface area contributed by atoms with Gasteiger partial charge >= 0.3 is 39.2 Å². The van der Waals surface area contributed by atoms with Crippen LogP contribution in [0.5, 0.6) is 11.5 Å². The molecule has 392 valence electrons. The predicted octanol–water partition coefficient (Wildman–Crippen LogP) is 4.34. The van der Waals surface area contributed by atoms with E-state index >= 15 is 8.78 Å². The van der Waals surface area contributed by atoms with Gasteiger partial charge in [0.05, 0.1) is 19.3 Å². The second kappa shape index (κ2) is 23.0. The quantitative estimate of drug-likeness (QED) is 0.0866.